The van der Waals surface area contributed by atoms with Gasteiger partial charge >= 0.3 is 5.97 Å². The molecule has 2 N–H and O–H groups in total. The minimum atomic E-state index is -3.59. The summed E-state index contributed by atoms with van der Waals surface area (Å²) in [5, 5.41) is 8.68. The standard InChI is InChI=1S/C13H14N2O4S2/c16-12(17)9-11-1-2-13(20-11)21(18,19)15-8-5-10-3-6-14-7-4-10/h1-4,6-7,15H,5,8-9H2,(H,16,17). The van der Waals surface area contributed by atoms with Gasteiger partial charge in [0, 0.05) is 23.8 Å². The smallest absolute Gasteiger partial charge is 0.308 e. The Labute approximate surface area is 126 Å². The molecule has 21 heavy (non-hydrogen) atoms. The molecule has 0 aromatic carbocycles. The van der Waals surface area contributed by atoms with Crippen LogP contribution in [0.3, 0.4) is 0 Å². The van der Waals surface area contributed by atoms with Crippen LogP contribution >= 0.6 is 11.3 Å². The molecule has 0 aliphatic heterocycles. The van der Waals surface area contributed by atoms with E-state index in [0.29, 0.717) is 11.3 Å². The molecule has 2 aromatic heterocycles. The number of carboxylic acids is 1. The first kappa shape index (κ1) is 15.6. The van der Waals surface area contributed by atoms with Gasteiger partial charge in [-0.05, 0) is 36.2 Å². The van der Waals surface area contributed by atoms with Crippen LogP contribution in [0.25, 0.3) is 0 Å². The molecule has 0 radical (unpaired) electrons. The quantitative estimate of drug-likeness (QED) is 0.799. The van der Waals surface area contributed by atoms with E-state index in [9.17, 15) is 13.2 Å². The van der Waals surface area contributed by atoms with Crippen molar-refractivity contribution in [1.82, 2.24) is 9.71 Å². The van der Waals surface area contributed by atoms with Crippen molar-refractivity contribution in [3.8, 4) is 0 Å². The predicted octanol–water partition coefficient (Wildman–Crippen LogP) is 1.29. The fourth-order valence-electron chi connectivity index (χ4n) is 1.70. The van der Waals surface area contributed by atoms with Gasteiger partial charge in [-0.25, -0.2) is 13.1 Å². The van der Waals surface area contributed by atoms with Gasteiger partial charge in [0.2, 0.25) is 10.0 Å². The van der Waals surface area contributed by atoms with E-state index in [4.69, 9.17) is 5.11 Å². The van der Waals surface area contributed by atoms with Gasteiger partial charge in [0.05, 0.1) is 6.42 Å². The van der Waals surface area contributed by atoms with E-state index in [2.05, 4.69) is 9.71 Å². The van der Waals surface area contributed by atoms with Gasteiger partial charge in [0.15, 0.2) is 0 Å². The normalized spacial score (nSPS) is 11.4. The van der Waals surface area contributed by atoms with E-state index < -0.39 is 16.0 Å². The molecule has 0 atom stereocenters. The van der Waals surface area contributed by atoms with Crippen LogP contribution in [0.1, 0.15) is 10.4 Å². The molecule has 0 bridgehead atoms. The maximum absolute atomic E-state index is 12.1. The molecule has 0 saturated carbocycles. The van der Waals surface area contributed by atoms with Crippen LogP contribution in [0.15, 0.2) is 40.9 Å². The summed E-state index contributed by atoms with van der Waals surface area (Å²) in [7, 11) is -3.59. The lowest BCUT2D eigenvalue weighted by Crippen LogP contribution is -2.25. The second-order valence-corrected chi connectivity index (χ2v) is 7.46. The zero-order valence-electron chi connectivity index (χ0n) is 11.0. The van der Waals surface area contributed by atoms with E-state index in [1.807, 2.05) is 12.1 Å². The van der Waals surface area contributed by atoms with E-state index in [-0.39, 0.29) is 17.2 Å². The van der Waals surface area contributed by atoms with Crippen LogP contribution in [0, 0.1) is 0 Å². The molecule has 0 spiro atoms. The summed E-state index contributed by atoms with van der Waals surface area (Å²) in [5.74, 6) is -0.980. The number of carboxylic acid groups (broad SMARTS) is 1. The number of hydrogen-bond acceptors (Lipinski definition) is 5. The number of carbonyl (C=O) groups is 1. The lowest BCUT2D eigenvalue weighted by atomic mass is 10.2. The summed E-state index contributed by atoms with van der Waals surface area (Å²) in [6, 6.07) is 6.60. The number of thiophene rings is 1. The highest BCUT2D eigenvalue weighted by atomic mass is 32.2. The van der Waals surface area contributed by atoms with Gasteiger partial charge in [-0.1, -0.05) is 0 Å². The molecule has 2 rings (SSSR count). The van der Waals surface area contributed by atoms with Crippen LogP contribution in [0.2, 0.25) is 0 Å². The maximum atomic E-state index is 12.1. The monoisotopic (exact) mass is 326 g/mol. The van der Waals surface area contributed by atoms with E-state index in [1.165, 1.54) is 12.1 Å². The van der Waals surface area contributed by atoms with Gasteiger partial charge in [-0.15, -0.1) is 11.3 Å². The number of sulfonamides is 1. The van der Waals surface area contributed by atoms with Crippen molar-refractivity contribution in [1.29, 1.82) is 0 Å². The first-order valence-corrected chi connectivity index (χ1v) is 8.46. The lowest BCUT2D eigenvalue weighted by Gasteiger charge is -2.04. The van der Waals surface area contributed by atoms with E-state index in [0.717, 1.165) is 16.9 Å². The lowest BCUT2D eigenvalue weighted by molar-refractivity contribution is -0.136. The number of rotatable bonds is 7. The maximum Gasteiger partial charge on any atom is 0.308 e. The topological polar surface area (TPSA) is 96.4 Å². The third kappa shape index (κ3) is 4.62. The third-order valence-corrected chi connectivity index (χ3v) is 5.72. The number of hydrogen-bond donors (Lipinski definition) is 2. The Morgan fingerprint density at radius 2 is 1.95 bits per heavy atom. The Kier molecular flexibility index (Phi) is 5.05. The molecule has 0 saturated heterocycles. The highest BCUT2D eigenvalue weighted by molar-refractivity contribution is 7.91. The van der Waals surface area contributed by atoms with Gasteiger partial charge in [0.25, 0.3) is 0 Å². The molecule has 0 aliphatic rings. The average molecular weight is 326 g/mol. The van der Waals surface area contributed by atoms with Crippen molar-refractivity contribution < 1.29 is 18.3 Å². The molecule has 0 aliphatic carbocycles. The van der Waals surface area contributed by atoms with Gasteiger partial charge < -0.3 is 5.11 Å². The summed E-state index contributed by atoms with van der Waals surface area (Å²) in [6.07, 6.45) is 3.70. The van der Waals surface area contributed by atoms with E-state index in [1.54, 1.807) is 12.4 Å². The van der Waals surface area contributed by atoms with Crippen LogP contribution in [-0.2, 0) is 27.7 Å². The minimum Gasteiger partial charge on any atom is -0.481 e. The molecule has 112 valence electrons. The summed E-state index contributed by atoms with van der Waals surface area (Å²) >= 11 is 0.973. The zero-order valence-corrected chi connectivity index (χ0v) is 12.7. The van der Waals surface area contributed by atoms with Crippen molar-refractivity contribution in [2.75, 3.05) is 6.54 Å². The van der Waals surface area contributed by atoms with Crippen LogP contribution in [0.4, 0.5) is 0 Å². The van der Waals surface area contributed by atoms with Crippen molar-refractivity contribution in [2.45, 2.75) is 17.1 Å². The second-order valence-electron chi connectivity index (χ2n) is 4.29. The van der Waals surface area contributed by atoms with Crippen LogP contribution in [-0.4, -0.2) is 31.0 Å². The van der Waals surface area contributed by atoms with Crippen molar-refractivity contribution in [2.24, 2.45) is 0 Å². The van der Waals surface area contributed by atoms with Crippen molar-refractivity contribution >= 4 is 27.3 Å². The van der Waals surface area contributed by atoms with Crippen LogP contribution < -0.4 is 4.72 Å². The Balaban J connectivity index is 1.95. The highest BCUT2D eigenvalue weighted by Crippen LogP contribution is 2.21. The van der Waals surface area contributed by atoms with Crippen molar-refractivity contribution in [3.05, 3.63) is 47.1 Å². The second kappa shape index (κ2) is 6.79. The molecule has 2 heterocycles. The van der Waals surface area contributed by atoms with Gasteiger partial charge in [0.1, 0.15) is 4.21 Å². The average Bonchev–Trinajstić information content (AvgIpc) is 2.88. The SMILES string of the molecule is O=C(O)Cc1ccc(S(=O)(=O)NCCc2ccncc2)s1. The molecular formula is C13H14N2O4S2. The van der Waals surface area contributed by atoms with Crippen LogP contribution in [0.5, 0.6) is 0 Å². The first-order valence-electron chi connectivity index (χ1n) is 6.16. The van der Waals surface area contributed by atoms with E-state index >= 15 is 0 Å². The highest BCUT2D eigenvalue weighted by Gasteiger charge is 2.17. The first-order chi connectivity index (χ1) is 9.97. The summed E-state index contributed by atoms with van der Waals surface area (Å²) < 4.78 is 26.8. The zero-order chi connectivity index (χ0) is 15.3. The molecule has 6 nitrogen and oxygen atoms in total. The Morgan fingerprint density at radius 3 is 2.62 bits per heavy atom. The van der Waals surface area contributed by atoms with Crippen molar-refractivity contribution in [3.63, 3.8) is 0 Å². The minimum absolute atomic E-state index is 0.133. The summed E-state index contributed by atoms with van der Waals surface area (Å²) in [5.41, 5.74) is 0.991. The molecule has 0 fully saturated rings. The molecular weight excluding hydrogens is 312 g/mol. The predicted molar refractivity (Wildman–Crippen MR) is 78.8 cm³/mol. The molecule has 2 aromatic rings. The third-order valence-electron chi connectivity index (χ3n) is 2.68. The Hall–Kier alpha value is -1.77. The fourth-order valence-corrected chi connectivity index (χ4v) is 4.12. The number of nitrogens with one attached hydrogen (secondary N) is 1. The molecule has 0 amide bonds. The summed E-state index contributed by atoms with van der Waals surface area (Å²) in [4.78, 5) is 15.0. The molecule has 0 unspecified atom stereocenters. The molecule has 8 heteroatoms. The number of nitrogens with zero attached hydrogens (tertiary/aromatic N) is 1. The van der Waals surface area contributed by atoms with Gasteiger partial charge in [-0.3, -0.25) is 9.78 Å². The number of aromatic nitrogens is 1. The number of pyridine rings is 1. The largest absolute Gasteiger partial charge is 0.481 e. The summed E-state index contributed by atoms with van der Waals surface area (Å²) in [6.45, 7) is 0.276. The number of aliphatic carboxylic acids is 1. The Morgan fingerprint density at radius 1 is 1.24 bits per heavy atom. The van der Waals surface area contributed by atoms with Gasteiger partial charge in [-0.2, -0.15) is 0 Å². The Bertz CT molecular complexity index is 711. The fraction of sp³-hybridized carbons (Fsp3) is 0.231.